The molecule has 0 fully saturated rings. The smallest absolute Gasteiger partial charge is 0.333 e. The molecule has 358 valence electrons. The minimum atomic E-state index is -2.01. The Hall–Kier alpha value is -2.39. The van der Waals surface area contributed by atoms with Crippen LogP contribution < -0.4 is 0 Å². The van der Waals surface area contributed by atoms with Crippen LogP contribution in [0.5, 0.6) is 0 Å². The lowest BCUT2D eigenvalue weighted by molar-refractivity contribution is -0.139. The van der Waals surface area contributed by atoms with Gasteiger partial charge in [0.05, 0.1) is 13.2 Å². The fourth-order valence-electron chi connectivity index (χ4n) is 3.00. The van der Waals surface area contributed by atoms with Crippen LogP contribution in [0.4, 0.5) is 0 Å². The van der Waals surface area contributed by atoms with E-state index >= 15 is 0 Å². The van der Waals surface area contributed by atoms with Gasteiger partial charge in [0.1, 0.15) is 0 Å². The third-order valence-electron chi connectivity index (χ3n) is 5.74. The van der Waals surface area contributed by atoms with Crippen LogP contribution in [0.15, 0.2) is 97.1 Å². The second-order valence-electron chi connectivity index (χ2n) is 11.8. The summed E-state index contributed by atoms with van der Waals surface area (Å²) in [6.45, 7) is 34.4. The predicted octanol–water partition coefficient (Wildman–Crippen LogP) is 17.3. The number of ether oxygens (including phenoxy) is 2. The Balaban J connectivity index is -0.0000000310. The first-order valence-corrected chi connectivity index (χ1v) is 27.1. The highest BCUT2D eigenvalue weighted by Crippen LogP contribution is 2.21. The van der Waals surface area contributed by atoms with Gasteiger partial charge >= 0.3 is 20.5 Å². The summed E-state index contributed by atoms with van der Waals surface area (Å²) in [5, 5.41) is 0. The zero-order chi connectivity index (χ0) is 36.2. The van der Waals surface area contributed by atoms with Crippen molar-refractivity contribution in [3.05, 3.63) is 97.1 Å². The average molecular weight is 902 g/mol. The molecule has 0 spiro atoms. The average Bonchev–Trinajstić information content (AvgIpc) is 2.99. The van der Waals surface area contributed by atoms with Gasteiger partial charge in [-0.2, -0.15) is 0 Å². The van der Waals surface area contributed by atoms with Crippen LogP contribution in [0, 0.1) is 0 Å². The number of rotatable bonds is 12. The molecular weight excluding hydrogens is 789 g/mol. The maximum absolute atomic E-state index is 10.4. The van der Waals surface area contributed by atoms with Crippen LogP contribution in [-0.2, 0) is 31.4 Å². The first kappa shape index (κ1) is 101. The van der Waals surface area contributed by atoms with Gasteiger partial charge in [-0.1, -0.05) is 189 Å². The van der Waals surface area contributed by atoms with Crippen LogP contribution in [0.2, 0.25) is 57.9 Å². The normalized spacial score (nSPS) is 8.84. The van der Waals surface area contributed by atoms with E-state index in [-0.39, 0.29) is 101 Å². The minimum Gasteiger partial charge on any atom is -0.463 e. The molecule has 0 saturated carbocycles. The molecule has 0 aliphatic heterocycles. The van der Waals surface area contributed by atoms with Crippen molar-refractivity contribution in [2.75, 3.05) is 13.2 Å². The maximum Gasteiger partial charge on any atom is 0.333 e. The molecule has 0 aliphatic rings. The van der Waals surface area contributed by atoms with Crippen molar-refractivity contribution >= 4 is 46.4 Å². The van der Waals surface area contributed by atoms with Crippen molar-refractivity contribution in [3.63, 3.8) is 0 Å². The highest BCUT2D eigenvalue weighted by Gasteiger charge is 2.36. The summed E-state index contributed by atoms with van der Waals surface area (Å²) in [6, 6.07) is 26.3. The molecule has 0 amide bonds. The number of benzene rings is 2. The van der Waals surface area contributed by atoms with E-state index in [1.165, 1.54) is 0 Å². The van der Waals surface area contributed by atoms with Gasteiger partial charge in [0.15, 0.2) is 16.6 Å². The van der Waals surface area contributed by atoms with Crippen LogP contribution in [0.25, 0.3) is 0 Å². The number of hydrogen-bond donors (Lipinski definition) is 0. The fraction of sp³-hybridized carbons (Fsp3) is 0.617. The van der Waals surface area contributed by atoms with Crippen LogP contribution in [0.1, 0.15) is 131 Å². The monoisotopic (exact) mass is 901 g/mol. The molecule has 0 saturated heterocycles. The predicted molar refractivity (Wildman–Crippen MR) is 286 cm³/mol. The number of hydrogen-bond acceptors (Lipinski definition) is 7. The lowest BCUT2D eigenvalue weighted by atomic mass is 10.4. The third-order valence-corrected chi connectivity index (χ3v) is 20.8. The molecule has 0 heterocycles. The molecule has 0 aromatic heterocycles. The van der Waals surface area contributed by atoms with Gasteiger partial charge in [0.2, 0.25) is 0 Å². The van der Waals surface area contributed by atoms with Gasteiger partial charge in [0.25, 0.3) is 9.28 Å². The summed E-state index contributed by atoms with van der Waals surface area (Å²) in [5.41, 5.74) is 0.902. The number of carbonyl (C=O) groups excluding carboxylic acids is 2. The molecule has 7 nitrogen and oxygen atoms in total. The van der Waals surface area contributed by atoms with Crippen molar-refractivity contribution in [2.45, 2.75) is 189 Å². The third kappa shape index (κ3) is 71.3. The molecule has 2 rings (SSSR count). The van der Waals surface area contributed by atoms with Gasteiger partial charge in [-0.3, -0.25) is 0 Å². The standard InChI is InChI=1S/C11H32O3Si4.2C6H10O2.2C6H6.12CH4/c1-10-16(4,5)12-15(3)13-18(8,9)14-17(6,7)11-2;2*1-4-8-6(7)5(2)3;2*1-2-4-6-5-3-1;;;;;;;;;;;;/h15H,10-11H2,1-9H3;2*2,4H2,1,3H3;2*1-6H;12*1H4. The van der Waals surface area contributed by atoms with Gasteiger partial charge in [-0.15, -0.1) is 0 Å². The van der Waals surface area contributed by atoms with E-state index < -0.39 is 34.5 Å². The molecule has 0 bridgehead atoms. The molecule has 58 heavy (non-hydrogen) atoms. The highest BCUT2D eigenvalue weighted by molar-refractivity contribution is 6.85. The zero-order valence-corrected chi connectivity index (χ0v) is 35.3. The summed E-state index contributed by atoms with van der Waals surface area (Å²) in [6.07, 6.45) is 0. The zero-order valence-electron chi connectivity index (χ0n) is 31.1. The minimum absolute atomic E-state index is 0. The van der Waals surface area contributed by atoms with Crippen molar-refractivity contribution in [1.29, 1.82) is 0 Å². The topological polar surface area (TPSA) is 80.3 Å². The summed E-state index contributed by atoms with van der Waals surface area (Å²) in [4.78, 5) is 20.8. The Kier molecular flexibility index (Phi) is 102. The van der Waals surface area contributed by atoms with E-state index in [4.69, 9.17) is 12.3 Å². The fourth-order valence-corrected chi connectivity index (χ4v) is 17.6. The Morgan fingerprint density at radius 2 is 0.690 bits per heavy atom. The second kappa shape index (κ2) is 58.9. The van der Waals surface area contributed by atoms with E-state index in [0.29, 0.717) is 24.4 Å². The SMILES string of the molecule is C.C.C.C.C.C.C.C.C.C.C.C.C=C(C)C(=O)OCC.C=C(C)C(=O)OCC.CC[Si](C)(C)O[SiH](C)O[Si](C)(C)O[Si](C)(C)CC.c1ccccc1.c1ccccc1. The quantitative estimate of drug-likeness (QED) is 0.119. The number of esters is 2. The van der Waals surface area contributed by atoms with Crippen LogP contribution in [-0.4, -0.2) is 59.6 Å². The maximum atomic E-state index is 10.4. The number of carbonyl (C=O) groups is 2. The van der Waals surface area contributed by atoms with Crippen LogP contribution >= 0.6 is 0 Å². The molecule has 0 aliphatic carbocycles. The van der Waals surface area contributed by atoms with Gasteiger partial charge in [-0.05, 0) is 85.6 Å². The summed E-state index contributed by atoms with van der Waals surface area (Å²) in [5.74, 6) is -0.625. The Morgan fingerprint density at radius 3 is 0.845 bits per heavy atom. The summed E-state index contributed by atoms with van der Waals surface area (Å²) < 4.78 is 27.9. The van der Waals surface area contributed by atoms with E-state index in [0.717, 1.165) is 12.1 Å². The van der Waals surface area contributed by atoms with Crippen LogP contribution in [0.3, 0.4) is 0 Å². The van der Waals surface area contributed by atoms with Gasteiger partial charge in [-0.25, -0.2) is 9.59 Å². The molecule has 11 heteroatoms. The summed E-state index contributed by atoms with van der Waals surface area (Å²) in [7, 11) is -6.59. The first-order chi connectivity index (χ1) is 21.3. The lowest BCUT2D eigenvalue weighted by Gasteiger charge is -2.36. The van der Waals surface area contributed by atoms with E-state index in [2.05, 4.69) is 82.3 Å². The van der Waals surface area contributed by atoms with E-state index in [1.54, 1.807) is 27.7 Å². The Bertz CT molecular complexity index is 954. The van der Waals surface area contributed by atoms with Crippen molar-refractivity contribution < 1.29 is 31.4 Å². The largest absolute Gasteiger partial charge is 0.463 e. The molecule has 2 aromatic carbocycles. The molecule has 1 unspecified atom stereocenters. The van der Waals surface area contributed by atoms with E-state index in [1.807, 2.05) is 72.8 Å². The van der Waals surface area contributed by atoms with Crippen molar-refractivity contribution in [3.8, 4) is 0 Å². The molecule has 0 N–H and O–H groups in total. The molecule has 0 radical (unpaired) electrons. The van der Waals surface area contributed by atoms with Crippen molar-refractivity contribution in [1.82, 2.24) is 0 Å². The van der Waals surface area contributed by atoms with E-state index in [9.17, 15) is 9.59 Å². The van der Waals surface area contributed by atoms with Gasteiger partial charge in [0, 0.05) is 11.1 Å². The first-order valence-electron chi connectivity index (χ1n) is 16.0. The Labute approximate surface area is 375 Å². The lowest BCUT2D eigenvalue weighted by Crippen LogP contribution is -2.50. The Morgan fingerprint density at radius 1 is 0.466 bits per heavy atom. The van der Waals surface area contributed by atoms with Crippen molar-refractivity contribution in [2.24, 2.45) is 0 Å². The van der Waals surface area contributed by atoms with Gasteiger partial charge < -0.3 is 21.8 Å². The second-order valence-corrected chi connectivity index (χ2v) is 26.9. The molecular formula is C47H112O7Si4. The highest BCUT2D eigenvalue weighted by atomic mass is 28.5. The molecule has 2 aromatic rings. The summed E-state index contributed by atoms with van der Waals surface area (Å²) >= 11 is 0. The molecule has 1 atom stereocenters.